The van der Waals surface area contributed by atoms with E-state index in [-0.39, 0.29) is 0 Å². The van der Waals surface area contributed by atoms with Crippen molar-refractivity contribution >= 4 is 0 Å². The maximum atomic E-state index is 4.63. The molecule has 0 bridgehead atoms. The van der Waals surface area contributed by atoms with E-state index in [2.05, 4.69) is 51.1 Å². The molecule has 0 N–H and O–H groups in total. The number of nitrogens with zero attached hydrogens (tertiary/aromatic N) is 2. The minimum Gasteiger partial charge on any atom is -0.334 e. The van der Waals surface area contributed by atoms with E-state index in [4.69, 9.17) is 0 Å². The first-order valence-electron chi connectivity index (χ1n) is 7.03. The fourth-order valence-electron chi connectivity index (χ4n) is 2.17. The van der Waals surface area contributed by atoms with Crippen LogP contribution in [-0.4, -0.2) is 9.55 Å². The van der Waals surface area contributed by atoms with E-state index in [1.165, 1.54) is 24.2 Å². The molecule has 0 spiro atoms. The van der Waals surface area contributed by atoms with Gasteiger partial charge < -0.3 is 4.57 Å². The molecule has 2 nitrogen and oxygen atoms in total. The van der Waals surface area contributed by atoms with Gasteiger partial charge in [-0.2, -0.15) is 0 Å². The van der Waals surface area contributed by atoms with Crippen LogP contribution in [0.4, 0.5) is 0 Å². The third-order valence-corrected chi connectivity index (χ3v) is 3.64. The number of rotatable bonds is 6. The molecule has 1 heterocycles. The van der Waals surface area contributed by atoms with E-state index in [0.717, 1.165) is 6.54 Å². The standard InChI is InChI=1S/C15H28N2/c1-7-8-9-17-10-16-14(12(4)5)15(17)13(6)11(2)3/h10-13H,7-9H2,1-6H3. The average molecular weight is 236 g/mol. The summed E-state index contributed by atoms with van der Waals surface area (Å²) in [7, 11) is 0. The van der Waals surface area contributed by atoms with E-state index in [1.807, 2.05) is 6.33 Å². The van der Waals surface area contributed by atoms with Crippen LogP contribution in [-0.2, 0) is 6.54 Å². The zero-order chi connectivity index (χ0) is 13.0. The van der Waals surface area contributed by atoms with Gasteiger partial charge in [0.2, 0.25) is 0 Å². The maximum absolute atomic E-state index is 4.63. The molecule has 0 aliphatic carbocycles. The molecule has 2 heteroatoms. The highest BCUT2D eigenvalue weighted by Crippen LogP contribution is 2.30. The Kier molecular flexibility index (Phi) is 5.23. The third kappa shape index (κ3) is 3.34. The zero-order valence-electron chi connectivity index (χ0n) is 12.3. The Labute approximate surface area is 106 Å². The molecule has 1 atom stereocenters. The summed E-state index contributed by atoms with van der Waals surface area (Å²) in [5, 5.41) is 0. The Hall–Kier alpha value is -0.790. The van der Waals surface area contributed by atoms with Gasteiger partial charge in [0.1, 0.15) is 0 Å². The Bertz CT molecular complexity index is 337. The molecule has 98 valence electrons. The number of hydrogen-bond donors (Lipinski definition) is 0. The van der Waals surface area contributed by atoms with Crippen molar-refractivity contribution in [2.24, 2.45) is 5.92 Å². The summed E-state index contributed by atoms with van der Waals surface area (Å²) in [6, 6.07) is 0. The number of aromatic nitrogens is 2. The molecule has 0 aliphatic rings. The molecule has 0 amide bonds. The summed E-state index contributed by atoms with van der Waals surface area (Å²) < 4.78 is 2.38. The van der Waals surface area contributed by atoms with Gasteiger partial charge in [0.15, 0.2) is 0 Å². The molecule has 1 aromatic rings. The van der Waals surface area contributed by atoms with Crippen LogP contribution in [0.1, 0.15) is 77.6 Å². The predicted octanol–water partition coefficient (Wildman–Crippen LogP) is 4.57. The molecule has 0 saturated heterocycles. The van der Waals surface area contributed by atoms with Crippen LogP contribution in [0.3, 0.4) is 0 Å². The topological polar surface area (TPSA) is 17.8 Å². The van der Waals surface area contributed by atoms with Crippen LogP contribution in [0.5, 0.6) is 0 Å². The normalized spacial score (nSPS) is 13.6. The highest BCUT2D eigenvalue weighted by atomic mass is 15.1. The molecule has 0 saturated carbocycles. The van der Waals surface area contributed by atoms with Gasteiger partial charge >= 0.3 is 0 Å². The first-order valence-corrected chi connectivity index (χ1v) is 7.03. The summed E-state index contributed by atoms with van der Waals surface area (Å²) in [5.74, 6) is 1.78. The second-order valence-electron chi connectivity index (χ2n) is 5.75. The second-order valence-corrected chi connectivity index (χ2v) is 5.75. The van der Waals surface area contributed by atoms with E-state index in [9.17, 15) is 0 Å². The lowest BCUT2D eigenvalue weighted by atomic mass is 9.90. The molecule has 0 fully saturated rings. The summed E-state index contributed by atoms with van der Waals surface area (Å²) in [5.41, 5.74) is 2.76. The molecule has 1 aromatic heterocycles. The molecule has 0 aromatic carbocycles. The van der Waals surface area contributed by atoms with Crippen molar-refractivity contribution in [3.8, 4) is 0 Å². The SMILES string of the molecule is CCCCn1cnc(C(C)C)c1C(C)C(C)C. The molecule has 1 rings (SSSR count). The van der Waals surface area contributed by atoms with E-state index in [1.54, 1.807) is 0 Å². The minimum absolute atomic E-state index is 0.522. The van der Waals surface area contributed by atoms with Gasteiger partial charge in [-0.05, 0) is 18.3 Å². The molecule has 0 radical (unpaired) electrons. The summed E-state index contributed by atoms with van der Waals surface area (Å²) in [4.78, 5) is 4.63. The van der Waals surface area contributed by atoms with Crippen molar-refractivity contribution in [2.45, 2.75) is 72.8 Å². The summed E-state index contributed by atoms with van der Waals surface area (Å²) >= 11 is 0. The van der Waals surface area contributed by atoms with Gasteiger partial charge in [-0.3, -0.25) is 0 Å². The predicted molar refractivity (Wildman–Crippen MR) is 74.5 cm³/mol. The molecule has 1 unspecified atom stereocenters. The lowest BCUT2D eigenvalue weighted by Crippen LogP contribution is -2.12. The molecular formula is C15H28N2. The van der Waals surface area contributed by atoms with Crippen molar-refractivity contribution in [2.75, 3.05) is 0 Å². The van der Waals surface area contributed by atoms with Crippen molar-refractivity contribution in [3.05, 3.63) is 17.7 Å². The molecule has 17 heavy (non-hydrogen) atoms. The monoisotopic (exact) mass is 236 g/mol. The first kappa shape index (κ1) is 14.3. The fraction of sp³-hybridized carbons (Fsp3) is 0.800. The quantitative estimate of drug-likeness (QED) is 0.707. The summed E-state index contributed by atoms with van der Waals surface area (Å²) in [6.07, 6.45) is 4.52. The Morgan fingerprint density at radius 2 is 1.82 bits per heavy atom. The van der Waals surface area contributed by atoms with Gasteiger partial charge in [0, 0.05) is 18.2 Å². The van der Waals surface area contributed by atoms with E-state index in [0.29, 0.717) is 17.8 Å². The van der Waals surface area contributed by atoms with Crippen molar-refractivity contribution in [1.29, 1.82) is 0 Å². The first-order chi connectivity index (χ1) is 7.99. The Balaban J connectivity index is 3.05. The Morgan fingerprint density at radius 1 is 1.18 bits per heavy atom. The van der Waals surface area contributed by atoms with Gasteiger partial charge in [0.25, 0.3) is 0 Å². The lowest BCUT2D eigenvalue weighted by Gasteiger charge is -2.21. The Morgan fingerprint density at radius 3 is 2.29 bits per heavy atom. The zero-order valence-corrected chi connectivity index (χ0v) is 12.3. The highest BCUT2D eigenvalue weighted by Gasteiger charge is 2.21. The van der Waals surface area contributed by atoms with Crippen molar-refractivity contribution in [1.82, 2.24) is 9.55 Å². The summed E-state index contributed by atoms with van der Waals surface area (Å²) in [6.45, 7) is 14.8. The lowest BCUT2D eigenvalue weighted by molar-refractivity contribution is 0.483. The van der Waals surface area contributed by atoms with Crippen molar-refractivity contribution < 1.29 is 0 Å². The van der Waals surface area contributed by atoms with Crippen LogP contribution in [0.15, 0.2) is 6.33 Å². The van der Waals surface area contributed by atoms with Crippen LogP contribution in [0.2, 0.25) is 0 Å². The smallest absolute Gasteiger partial charge is 0.0951 e. The van der Waals surface area contributed by atoms with Crippen LogP contribution >= 0.6 is 0 Å². The second kappa shape index (κ2) is 6.23. The molecular weight excluding hydrogens is 208 g/mol. The van der Waals surface area contributed by atoms with Crippen LogP contribution in [0, 0.1) is 5.92 Å². The highest BCUT2D eigenvalue weighted by molar-refractivity contribution is 5.21. The largest absolute Gasteiger partial charge is 0.334 e. The van der Waals surface area contributed by atoms with Gasteiger partial charge in [0.05, 0.1) is 12.0 Å². The van der Waals surface area contributed by atoms with Crippen molar-refractivity contribution in [3.63, 3.8) is 0 Å². The van der Waals surface area contributed by atoms with Gasteiger partial charge in [-0.1, -0.05) is 48.0 Å². The van der Waals surface area contributed by atoms with Gasteiger partial charge in [-0.25, -0.2) is 4.98 Å². The number of imidazole rings is 1. The van der Waals surface area contributed by atoms with Crippen LogP contribution in [0.25, 0.3) is 0 Å². The van der Waals surface area contributed by atoms with E-state index < -0.39 is 0 Å². The number of hydrogen-bond acceptors (Lipinski definition) is 1. The number of aryl methyl sites for hydroxylation is 1. The number of unbranched alkanes of at least 4 members (excludes halogenated alkanes) is 1. The third-order valence-electron chi connectivity index (χ3n) is 3.64. The molecule has 0 aliphatic heterocycles. The minimum atomic E-state index is 0.522. The van der Waals surface area contributed by atoms with Gasteiger partial charge in [-0.15, -0.1) is 0 Å². The average Bonchev–Trinajstić information content (AvgIpc) is 2.68. The van der Waals surface area contributed by atoms with Crippen LogP contribution < -0.4 is 0 Å². The maximum Gasteiger partial charge on any atom is 0.0951 e. The van der Waals surface area contributed by atoms with E-state index >= 15 is 0 Å². The fourth-order valence-corrected chi connectivity index (χ4v) is 2.17.